The number of ether oxygens (including phenoxy) is 2. The zero-order valence-electron chi connectivity index (χ0n) is 21.6. The summed E-state index contributed by atoms with van der Waals surface area (Å²) in [6.07, 6.45) is -0.916. The van der Waals surface area contributed by atoms with Crippen LogP contribution >= 0.6 is 0 Å². The number of benzene rings is 2. The van der Waals surface area contributed by atoms with E-state index in [9.17, 15) is 14.9 Å². The normalized spacial score (nSPS) is 15.4. The summed E-state index contributed by atoms with van der Waals surface area (Å²) in [4.78, 5) is 30.0. The van der Waals surface area contributed by atoms with Crippen molar-refractivity contribution in [2.45, 2.75) is 39.8 Å². The Labute approximate surface area is 219 Å². The average molecular weight is 520 g/mol. The topological polar surface area (TPSA) is 133 Å². The van der Waals surface area contributed by atoms with Crippen molar-refractivity contribution >= 4 is 17.4 Å². The van der Waals surface area contributed by atoms with E-state index in [2.05, 4.69) is 39.4 Å². The molecule has 198 valence electrons. The quantitative estimate of drug-likeness (QED) is 0.230. The first-order chi connectivity index (χ1) is 18.3. The number of carbonyl (C=O) groups is 1. The Morgan fingerprint density at radius 1 is 1.13 bits per heavy atom. The van der Waals surface area contributed by atoms with Crippen LogP contribution in [0.3, 0.4) is 0 Å². The monoisotopic (exact) mass is 519 g/mol. The van der Waals surface area contributed by atoms with Crippen LogP contribution in [-0.4, -0.2) is 39.8 Å². The minimum atomic E-state index is -0.916. The predicted octanol–water partition coefficient (Wildman–Crippen LogP) is 5.13. The Morgan fingerprint density at radius 3 is 2.58 bits per heavy atom. The van der Waals surface area contributed by atoms with Crippen molar-refractivity contribution in [3.63, 3.8) is 0 Å². The first kappa shape index (κ1) is 26.6. The molecule has 0 radical (unpaired) electrons. The van der Waals surface area contributed by atoms with E-state index in [0.717, 1.165) is 13.1 Å². The fraction of sp³-hybridized carbons (Fsp3) is 0.296. The third-order valence-corrected chi connectivity index (χ3v) is 6.23. The van der Waals surface area contributed by atoms with E-state index >= 15 is 0 Å². The molecule has 38 heavy (non-hydrogen) atoms. The Hall–Kier alpha value is -4.51. The third kappa shape index (κ3) is 5.89. The van der Waals surface area contributed by atoms with Crippen LogP contribution in [0.25, 0.3) is 5.57 Å². The van der Waals surface area contributed by atoms with Gasteiger partial charge in [0.1, 0.15) is 5.76 Å². The van der Waals surface area contributed by atoms with Crippen LogP contribution in [0.1, 0.15) is 49.5 Å². The molecular weight excluding hydrogens is 490 g/mol. The summed E-state index contributed by atoms with van der Waals surface area (Å²) < 4.78 is 15.9. The molecule has 0 saturated heterocycles. The van der Waals surface area contributed by atoms with Gasteiger partial charge in [0, 0.05) is 24.4 Å². The van der Waals surface area contributed by atoms with Gasteiger partial charge in [0.2, 0.25) is 0 Å². The Balaban J connectivity index is 1.70. The lowest BCUT2D eigenvalue weighted by atomic mass is 9.84. The van der Waals surface area contributed by atoms with Crippen molar-refractivity contribution in [3.8, 4) is 0 Å². The van der Waals surface area contributed by atoms with Crippen LogP contribution in [0.2, 0.25) is 0 Å². The maximum absolute atomic E-state index is 12.1. The van der Waals surface area contributed by atoms with Crippen molar-refractivity contribution < 1.29 is 23.7 Å². The zero-order valence-corrected chi connectivity index (χ0v) is 21.6. The summed E-state index contributed by atoms with van der Waals surface area (Å²) in [7, 11) is 1.21. The summed E-state index contributed by atoms with van der Waals surface area (Å²) in [6, 6.07) is 16.2. The highest BCUT2D eigenvalue weighted by molar-refractivity contribution is 5.76. The van der Waals surface area contributed by atoms with Gasteiger partial charge in [-0.05, 0) is 31.5 Å². The second-order valence-corrected chi connectivity index (χ2v) is 8.80. The first-order valence-electron chi connectivity index (χ1n) is 12.1. The number of nitro groups is 1. The molecule has 1 aromatic heterocycles. The first-order valence-corrected chi connectivity index (χ1v) is 12.1. The molecule has 0 amide bonds. The van der Waals surface area contributed by atoms with Gasteiger partial charge < -0.3 is 19.3 Å². The summed E-state index contributed by atoms with van der Waals surface area (Å²) in [5, 5.41) is 18.9. The van der Waals surface area contributed by atoms with Crippen LogP contribution in [0.5, 0.6) is 0 Å². The van der Waals surface area contributed by atoms with Crippen LogP contribution in [0.4, 0.5) is 10.5 Å². The molecule has 1 aliphatic heterocycles. The fourth-order valence-electron chi connectivity index (χ4n) is 4.41. The number of methoxy groups -OCH3 is 1. The number of dihydropyridines is 1. The van der Waals surface area contributed by atoms with E-state index < -0.39 is 17.0 Å². The van der Waals surface area contributed by atoms with E-state index in [0.29, 0.717) is 34.9 Å². The Bertz CT molecular complexity index is 1380. The minimum Gasteiger partial charge on any atom is -0.437 e. The second-order valence-electron chi connectivity index (χ2n) is 8.80. The molecule has 1 unspecified atom stereocenters. The number of hydrogen-bond acceptors (Lipinski definition) is 10. The van der Waals surface area contributed by atoms with Crippen LogP contribution < -0.4 is 5.32 Å². The number of non-ortho nitro benzene ring substituents is 1. The van der Waals surface area contributed by atoms with Gasteiger partial charge in [-0.25, -0.2) is 4.79 Å². The molecule has 0 aliphatic carbocycles. The highest BCUT2D eigenvalue weighted by Gasteiger charge is 2.36. The predicted molar refractivity (Wildman–Crippen MR) is 138 cm³/mol. The van der Waals surface area contributed by atoms with Crippen molar-refractivity contribution in [1.82, 2.24) is 20.4 Å². The van der Waals surface area contributed by atoms with Gasteiger partial charge in [-0.3, -0.25) is 15.0 Å². The molecule has 0 saturated carbocycles. The van der Waals surface area contributed by atoms with Gasteiger partial charge in [0.25, 0.3) is 11.6 Å². The van der Waals surface area contributed by atoms with Crippen LogP contribution in [0.15, 0.2) is 76.3 Å². The van der Waals surface area contributed by atoms with E-state index in [1.165, 1.54) is 24.8 Å². The summed E-state index contributed by atoms with van der Waals surface area (Å²) >= 11 is 0. The van der Waals surface area contributed by atoms with Crippen molar-refractivity contribution in [1.29, 1.82) is 0 Å². The Kier molecular flexibility index (Phi) is 8.17. The standard InChI is InChI=1S/C27H29N5O6/c1-5-31(15-19-10-7-6-8-11-19)16-22-29-26(38-30-22)23-17(2)28-18(3)25(37-27(33)36-4)24(23)20-12-9-13-21(14-20)32(34)35/h6-14,24,28H,5,15-16H2,1-4H3. The average Bonchev–Trinajstić information content (AvgIpc) is 3.37. The van der Waals surface area contributed by atoms with Crippen LogP contribution in [-0.2, 0) is 22.6 Å². The number of aromatic nitrogens is 2. The maximum Gasteiger partial charge on any atom is 0.513 e. The van der Waals surface area contributed by atoms with Gasteiger partial charge >= 0.3 is 6.16 Å². The van der Waals surface area contributed by atoms with Gasteiger partial charge in [-0.1, -0.05) is 54.5 Å². The lowest BCUT2D eigenvalue weighted by Gasteiger charge is -2.29. The van der Waals surface area contributed by atoms with E-state index in [1.54, 1.807) is 19.1 Å². The lowest BCUT2D eigenvalue weighted by molar-refractivity contribution is -0.384. The van der Waals surface area contributed by atoms with E-state index in [-0.39, 0.29) is 17.3 Å². The molecule has 0 fully saturated rings. The van der Waals surface area contributed by atoms with Crippen LogP contribution in [0, 0.1) is 10.1 Å². The van der Waals surface area contributed by atoms with Gasteiger partial charge in [-0.2, -0.15) is 4.98 Å². The number of rotatable bonds is 9. The molecule has 4 rings (SSSR count). The molecule has 11 nitrogen and oxygen atoms in total. The molecule has 1 aliphatic rings. The molecule has 1 N–H and O–H groups in total. The highest BCUT2D eigenvalue weighted by atomic mass is 16.7. The van der Waals surface area contributed by atoms with Crippen molar-refractivity contribution in [2.75, 3.05) is 13.7 Å². The minimum absolute atomic E-state index is 0.0983. The Morgan fingerprint density at radius 2 is 1.89 bits per heavy atom. The molecule has 2 heterocycles. The SMILES string of the molecule is CCN(Cc1ccccc1)Cc1noc(C2=C(C)NC(C)=C(OC(=O)OC)C2c2cccc([N+](=O)[O-])c2)n1. The third-order valence-electron chi connectivity index (χ3n) is 6.23. The number of allylic oxidation sites excluding steroid dienone is 3. The lowest BCUT2D eigenvalue weighted by Crippen LogP contribution is -2.26. The summed E-state index contributed by atoms with van der Waals surface area (Å²) in [5.74, 6) is 0.181. The van der Waals surface area contributed by atoms with E-state index in [4.69, 9.17) is 14.0 Å². The van der Waals surface area contributed by atoms with E-state index in [1.807, 2.05) is 25.1 Å². The fourth-order valence-corrected chi connectivity index (χ4v) is 4.41. The molecule has 0 bridgehead atoms. The van der Waals surface area contributed by atoms with Crippen molar-refractivity contribution in [3.05, 3.63) is 105 Å². The van der Waals surface area contributed by atoms with Gasteiger partial charge in [0.15, 0.2) is 5.82 Å². The molecule has 0 spiro atoms. The van der Waals surface area contributed by atoms with Crippen molar-refractivity contribution in [2.24, 2.45) is 0 Å². The second kappa shape index (κ2) is 11.7. The maximum atomic E-state index is 12.1. The summed E-state index contributed by atoms with van der Waals surface area (Å²) in [5.41, 5.74) is 3.37. The zero-order chi connectivity index (χ0) is 27.2. The molecule has 3 aromatic rings. The number of nitro benzene ring substituents is 1. The largest absolute Gasteiger partial charge is 0.513 e. The molecule has 1 atom stereocenters. The molecule has 11 heteroatoms. The summed E-state index contributed by atoms with van der Waals surface area (Å²) in [6.45, 7) is 7.58. The number of nitrogens with zero attached hydrogens (tertiary/aromatic N) is 4. The molecule has 2 aromatic carbocycles. The smallest absolute Gasteiger partial charge is 0.437 e. The molecular formula is C27H29N5O6. The van der Waals surface area contributed by atoms with Gasteiger partial charge in [0.05, 0.1) is 35.8 Å². The number of carbonyl (C=O) groups excluding carboxylic acids is 1. The highest BCUT2D eigenvalue weighted by Crippen LogP contribution is 2.44. The van der Waals surface area contributed by atoms with Gasteiger partial charge in [-0.15, -0.1) is 0 Å². The number of hydrogen-bond donors (Lipinski definition) is 1. The number of nitrogens with one attached hydrogen (secondary N) is 1.